The van der Waals surface area contributed by atoms with E-state index in [1.165, 1.54) is 6.42 Å². The van der Waals surface area contributed by atoms with Gasteiger partial charge in [-0.1, -0.05) is 18.8 Å². The number of likely N-dealkylation sites (tertiary alicyclic amines) is 1. The van der Waals surface area contributed by atoms with Crippen LogP contribution in [0.5, 0.6) is 0 Å². The zero-order valence-electron chi connectivity index (χ0n) is 12.1. The van der Waals surface area contributed by atoms with Gasteiger partial charge in [-0.25, -0.2) is 0 Å². The minimum atomic E-state index is -0.149. The summed E-state index contributed by atoms with van der Waals surface area (Å²) in [4.78, 5) is 14.5. The summed E-state index contributed by atoms with van der Waals surface area (Å²) >= 11 is 0. The monoisotopic (exact) mass is 271 g/mol. The lowest BCUT2D eigenvalue weighted by molar-refractivity contribution is 0.0551. The van der Waals surface area contributed by atoms with Crippen LogP contribution in [0.15, 0.2) is 24.3 Å². The minimum absolute atomic E-state index is 0.103. The summed E-state index contributed by atoms with van der Waals surface area (Å²) in [6.07, 6.45) is 2.28. The first-order chi connectivity index (χ1) is 9.63. The molecule has 2 rings (SSSR count). The van der Waals surface area contributed by atoms with Gasteiger partial charge in [0, 0.05) is 23.7 Å². The first-order valence-corrected chi connectivity index (χ1v) is 7.14. The zero-order chi connectivity index (χ0) is 14.5. The molecule has 0 bridgehead atoms. The molecule has 106 valence electrons. The number of amides is 1. The first kappa shape index (κ1) is 14.6. The molecule has 1 aliphatic heterocycles. The Morgan fingerprint density at radius 3 is 2.70 bits per heavy atom. The van der Waals surface area contributed by atoms with Crippen LogP contribution in [0, 0.1) is 17.8 Å². The van der Waals surface area contributed by atoms with E-state index in [4.69, 9.17) is 5.11 Å². The van der Waals surface area contributed by atoms with Gasteiger partial charge in [0.15, 0.2) is 0 Å². The third kappa shape index (κ3) is 3.20. The number of rotatable bonds is 1. The molecule has 1 aromatic carbocycles. The summed E-state index contributed by atoms with van der Waals surface area (Å²) in [6.45, 7) is 5.03. The number of hydrogen-bond donors (Lipinski definition) is 1. The van der Waals surface area contributed by atoms with Crippen LogP contribution in [0.4, 0.5) is 0 Å². The number of nitrogens with zero attached hydrogens (tertiary/aromatic N) is 1. The average Bonchev–Trinajstić information content (AvgIpc) is 2.48. The Morgan fingerprint density at radius 1 is 1.35 bits per heavy atom. The first-order valence-electron chi connectivity index (χ1n) is 7.14. The molecule has 1 saturated heterocycles. The molecule has 1 amide bonds. The van der Waals surface area contributed by atoms with Crippen molar-refractivity contribution >= 4 is 5.91 Å². The molecule has 0 spiro atoms. The van der Waals surface area contributed by atoms with Crippen molar-refractivity contribution in [1.82, 2.24) is 4.90 Å². The summed E-state index contributed by atoms with van der Waals surface area (Å²) in [5.41, 5.74) is 1.52. The lowest BCUT2D eigenvalue weighted by Crippen LogP contribution is -2.46. The maximum absolute atomic E-state index is 12.5. The zero-order valence-corrected chi connectivity index (χ0v) is 12.1. The Kier molecular flexibility index (Phi) is 4.81. The molecule has 2 unspecified atom stereocenters. The van der Waals surface area contributed by atoms with Crippen LogP contribution in [0.2, 0.25) is 0 Å². The van der Waals surface area contributed by atoms with Crippen molar-refractivity contribution in [1.29, 1.82) is 0 Å². The topological polar surface area (TPSA) is 40.5 Å². The van der Waals surface area contributed by atoms with E-state index < -0.39 is 0 Å². The van der Waals surface area contributed by atoms with E-state index in [9.17, 15) is 4.79 Å². The Morgan fingerprint density at radius 2 is 2.05 bits per heavy atom. The van der Waals surface area contributed by atoms with Crippen LogP contribution < -0.4 is 0 Å². The second-order valence-corrected chi connectivity index (χ2v) is 5.40. The fraction of sp³-hybridized carbons (Fsp3) is 0.471. The SMILES string of the molecule is CC1CCCN(C(=O)c2ccc(C#CCO)cc2)C1C. The smallest absolute Gasteiger partial charge is 0.254 e. The molecule has 1 fully saturated rings. The molecule has 2 atom stereocenters. The number of aliphatic hydroxyl groups excluding tert-OH is 1. The van der Waals surface area contributed by atoms with Crippen LogP contribution in [-0.4, -0.2) is 35.1 Å². The number of carbonyl (C=O) groups excluding carboxylic acids is 1. The van der Waals surface area contributed by atoms with Gasteiger partial charge in [-0.15, -0.1) is 0 Å². The third-order valence-electron chi connectivity index (χ3n) is 4.08. The molecule has 0 aliphatic carbocycles. The predicted octanol–water partition coefficient (Wildman–Crippen LogP) is 2.29. The van der Waals surface area contributed by atoms with Crippen LogP contribution in [-0.2, 0) is 0 Å². The van der Waals surface area contributed by atoms with E-state index >= 15 is 0 Å². The van der Waals surface area contributed by atoms with E-state index in [0.717, 1.165) is 18.5 Å². The van der Waals surface area contributed by atoms with Gasteiger partial charge in [0.1, 0.15) is 6.61 Å². The van der Waals surface area contributed by atoms with E-state index in [0.29, 0.717) is 17.5 Å². The molecule has 1 heterocycles. The average molecular weight is 271 g/mol. The van der Waals surface area contributed by atoms with Crippen LogP contribution >= 0.6 is 0 Å². The predicted molar refractivity (Wildman–Crippen MR) is 79.3 cm³/mol. The minimum Gasteiger partial charge on any atom is -0.384 e. The molecule has 0 aromatic heterocycles. The molecule has 3 heteroatoms. The molecule has 20 heavy (non-hydrogen) atoms. The highest BCUT2D eigenvalue weighted by Crippen LogP contribution is 2.24. The fourth-order valence-corrected chi connectivity index (χ4v) is 2.63. The molecule has 3 nitrogen and oxygen atoms in total. The Balaban J connectivity index is 2.12. The number of hydrogen-bond acceptors (Lipinski definition) is 2. The van der Waals surface area contributed by atoms with Crippen molar-refractivity contribution in [2.24, 2.45) is 5.92 Å². The molecular weight excluding hydrogens is 250 g/mol. The van der Waals surface area contributed by atoms with E-state index in [-0.39, 0.29) is 12.5 Å². The number of piperidine rings is 1. The van der Waals surface area contributed by atoms with Gasteiger partial charge in [0.25, 0.3) is 5.91 Å². The third-order valence-corrected chi connectivity index (χ3v) is 4.08. The van der Waals surface area contributed by atoms with Gasteiger partial charge in [0.2, 0.25) is 0 Å². The van der Waals surface area contributed by atoms with Gasteiger partial charge < -0.3 is 10.0 Å². The lowest BCUT2D eigenvalue weighted by atomic mass is 9.91. The quantitative estimate of drug-likeness (QED) is 0.796. The molecule has 0 radical (unpaired) electrons. The second-order valence-electron chi connectivity index (χ2n) is 5.40. The highest BCUT2D eigenvalue weighted by atomic mass is 16.2. The summed E-state index contributed by atoms with van der Waals surface area (Å²) in [5, 5.41) is 8.66. The number of carbonyl (C=O) groups is 1. The summed E-state index contributed by atoms with van der Waals surface area (Å²) < 4.78 is 0. The number of aliphatic hydroxyl groups is 1. The Hall–Kier alpha value is -1.79. The van der Waals surface area contributed by atoms with Crippen molar-refractivity contribution in [2.45, 2.75) is 32.7 Å². The highest BCUT2D eigenvalue weighted by Gasteiger charge is 2.28. The maximum Gasteiger partial charge on any atom is 0.254 e. The highest BCUT2D eigenvalue weighted by molar-refractivity contribution is 5.94. The van der Waals surface area contributed by atoms with E-state index in [1.807, 2.05) is 29.2 Å². The van der Waals surface area contributed by atoms with Gasteiger partial charge in [-0.3, -0.25) is 4.79 Å². The van der Waals surface area contributed by atoms with E-state index in [2.05, 4.69) is 25.7 Å². The van der Waals surface area contributed by atoms with Gasteiger partial charge in [-0.05, 0) is 49.9 Å². The van der Waals surface area contributed by atoms with Crippen molar-refractivity contribution in [2.75, 3.05) is 13.2 Å². The second kappa shape index (κ2) is 6.58. The fourth-order valence-electron chi connectivity index (χ4n) is 2.63. The Labute approximate surface area is 120 Å². The van der Waals surface area contributed by atoms with Crippen LogP contribution in [0.3, 0.4) is 0 Å². The number of benzene rings is 1. The molecule has 1 aliphatic rings. The van der Waals surface area contributed by atoms with Gasteiger partial charge >= 0.3 is 0 Å². The molecule has 1 aromatic rings. The normalized spacial score (nSPS) is 22.1. The van der Waals surface area contributed by atoms with Crippen molar-refractivity contribution in [3.8, 4) is 11.8 Å². The van der Waals surface area contributed by atoms with E-state index in [1.54, 1.807) is 0 Å². The summed E-state index contributed by atoms with van der Waals surface area (Å²) in [5.74, 6) is 6.09. The Bertz CT molecular complexity index is 524. The van der Waals surface area contributed by atoms with Crippen molar-refractivity contribution in [3.63, 3.8) is 0 Å². The summed E-state index contributed by atoms with van der Waals surface area (Å²) in [7, 11) is 0. The van der Waals surface area contributed by atoms with Crippen LogP contribution in [0.25, 0.3) is 0 Å². The largest absolute Gasteiger partial charge is 0.384 e. The molecule has 1 N–H and O–H groups in total. The van der Waals surface area contributed by atoms with Crippen molar-refractivity contribution < 1.29 is 9.90 Å². The lowest BCUT2D eigenvalue weighted by Gasteiger charge is -2.38. The molecular formula is C17H21NO2. The van der Waals surface area contributed by atoms with Crippen molar-refractivity contribution in [3.05, 3.63) is 35.4 Å². The van der Waals surface area contributed by atoms with Crippen LogP contribution in [0.1, 0.15) is 42.6 Å². The maximum atomic E-state index is 12.5. The summed E-state index contributed by atoms with van der Waals surface area (Å²) in [6, 6.07) is 7.58. The standard InChI is InChI=1S/C17H21NO2/c1-13-5-3-11-18(14(13)2)17(20)16-9-7-15(8-10-16)6-4-12-19/h7-10,13-14,19H,3,5,11-12H2,1-2H3. The molecule has 0 saturated carbocycles. The van der Waals surface area contributed by atoms with Gasteiger partial charge in [0.05, 0.1) is 0 Å². The van der Waals surface area contributed by atoms with Gasteiger partial charge in [-0.2, -0.15) is 0 Å².